The number of nitrogens with zero attached hydrogens (tertiary/aromatic N) is 1. The van der Waals surface area contributed by atoms with Crippen LogP contribution in [0.2, 0.25) is 0 Å². The standard InChI is InChI=1S/C13H17FN2O3S/c1-3-20-7-6-9(2)15-13(17)11-8-10(14)4-5-12(11)16(18)19/h4-5,8-9H,3,6-7H2,1-2H3,(H,15,17). The first-order chi connectivity index (χ1) is 9.45. The number of amides is 1. The molecule has 0 fully saturated rings. The van der Waals surface area contributed by atoms with Crippen molar-refractivity contribution < 1.29 is 14.1 Å². The van der Waals surface area contributed by atoms with Crippen molar-refractivity contribution in [2.24, 2.45) is 0 Å². The molecule has 0 aliphatic heterocycles. The fourth-order valence-electron chi connectivity index (χ4n) is 1.63. The van der Waals surface area contributed by atoms with Gasteiger partial charge in [-0.15, -0.1) is 0 Å². The van der Waals surface area contributed by atoms with Gasteiger partial charge in [0.25, 0.3) is 11.6 Å². The normalized spacial score (nSPS) is 11.9. The molecule has 0 spiro atoms. The van der Waals surface area contributed by atoms with E-state index >= 15 is 0 Å². The third-order valence-electron chi connectivity index (χ3n) is 2.68. The summed E-state index contributed by atoms with van der Waals surface area (Å²) in [5, 5.41) is 13.5. The summed E-state index contributed by atoms with van der Waals surface area (Å²) in [6, 6.07) is 2.74. The van der Waals surface area contributed by atoms with Crippen molar-refractivity contribution in [3.63, 3.8) is 0 Å². The molecule has 1 N–H and O–H groups in total. The Labute approximate surface area is 121 Å². The molecular formula is C13H17FN2O3S. The van der Waals surface area contributed by atoms with Crippen molar-refractivity contribution in [2.75, 3.05) is 11.5 Å². The topological polar surface area (TPSA) is 72.2 Å². The molecule has 1 aromatic carbocycles. The zero-order valence-electron chi connectivity index (χ0n) is 11.4. The van der Waals surface area contributed by atoms with E-state index in [1.165, 1.54) is 0 Å². The van der Waals surface area contributed by atoms with E-state index in [0.29, 0.717) is 0 Å². The lowest BCUT2D eigenvalue weighted by Gasteiger charge is -2.13. The molecule has 110 valence electrons. The molecule has 1 atom stereocenters. The largest absolute Gasteiger partial charge is 0.349 e. The Balaban J connectivity index is 2.76. The summed E-state index contributed by atoms with van der Waals surface area (Å²) < 4.78 is 13.2. The minimum absolute atomic E-state index is 0.121. The number of nitro groups is 1. The number of hydrogen-bond donors (Lipinski definition) is 1. The van der Waals surface area contributed by atoms with Crippen LogP contribution in [0.4, 0.5) is 10.1 Å². The minimum atomic E-state index is -0.689. The van der Waals surface area contributed by atoms with Gasteiger partial charge in [0.05, 0.1) is 4.92 Å². The predicted molar refractivity (Wildman–Crippen MR) is 77.6 cm³/mol. The van der Waals surface area contributed by atoms with E-state index in [4.69, 9.17) is 0 Å². The molecule has 0 heterocycles. The molecule has 1 rings (SSSR count). The van der Waals surface area contributed by atoms with Crippen LogP contribution in [0.5, 0.6) is 0 Å². The van der Waals surface area contributed by atoms with Crippen molar-refractivity contribution in [3.05, 3.63) is 39.7 Å². The minimum Gasteiger partial charge on any atom is -0.349 e. The van der Waals surface area contributed by atoms with Gasteiger partial charge in [-0.05, 0) is 37.0 Å². The summed E-state index contributed by atoms with van der Waals surface area (Å²) in [5.41, 5.74) is -0.635. The molecule has 0 saturated heterocycles. The summed E-state index contributed by atoms with van der Waals surface area (Å²) in [4.78, 5) is 22.1. The first-order valence-electron chi connectivity index (χ1n) is 6.28. The van der Waals surface area contributed by atoms with Crippen molar-refractivity contribution in [1.82, 2.24) is 5.32 Å². The quantitative estimate of drug-likeness (QED) is 0.477. The Morgan fingerprint density at radius 1 is 1.55 bits per heavy atom. The van der Waals surface area contributed by atoms with Crippen molar-refractivity contribution >= 4 is 23.4 Å². The first-order valence-corrected chi connectivity index (χ1v) is 7.43. The second-order valence-electron chi connectivity index (χ2n) is 4.28. The van der Waals surface area contributed by atoms with Crippen LogP contribution in [0.15, 0.2) is 18.2 Å². The van der Waals surface area contributed by atoms with Gasteiger partial charge in [-0.2, -0.15) is 11.8 Å². The SMILES string of the molecule is CCSCCC(C)NC(=O)c1cc(F)ccc1[N+](=O)[O-]. The second-order valence-corrected chi connectivity index (χ2v) is 5.67. The Morgan fingerprint density at radius 3 is 2.85 bits per heavy atom. The van der Waals surface area contributed by atoms with Gasteiger partial charge >= 0.3 is 0 Å². The van der Waals surface area contributed by atoms with Crippen molar-refractivity contribution in [1.29, 1.82) is 0 Å². The molecule has 1 aromatic rings. The second kappa shape index (κ2) is 7.84. The zero-order chi connectivity index (χ0) is 15.1. The predicted octanol–water partition coefficient (Wildman–Crippen LogP) is 3.00. The van der Waals surface area contributed by atoms with Gasteiger partial charge in [-0.25, -0.2) is 4.39 Å². The maximum atomic E-state index is 13.2. The molecule has 5 nitrogen and oxygen atoms in total. The summed E-state index contributed by atoms with van der Waals surface area (Å²) >= 11 is 1.75. The van der Waals surface area contributed by atoms with Gasteiger partial charge in [0.2, 0.25) is 0 Å². The number of hydrogen-bond acceptors (Lipinski definition) is 4. The molecule has 20 heavy (non-hydrogen) atoms. The first kappa shape index (κ1) is 16.4. The third kappa shape index (κ3) is 4.80. The highest BCUT2D eigenvalue weighted by molar-refractivity contribution is 7.99. The zero-order valence-corrected chi connectivity index (χ0v) is 12.2. The Bertz CT molecular complexity index is 497. The van der Waals surface area contributed by atoms with E-state index < -0.39 is 16.6 Å². The van der Waals surface area contributed by atoms with E-state index in [-0.39, 0.29) is 17.3 Å². The third-order valence-corrected chi connectivity index (χ3v) is 3.61. The molecule has 1 unspecified atom stereocenters. The summed E-state index contributed by atoms with van der Waals surface area (Å²) in [7, 11) is 0. The Morgan fingerprint density at radius 2 is 2.25 bits per heavy atom. The summed E-state index contributed by atoms with van der Waals surface area (Å²) in [5.74, 6) is 0.597. The number of nitrogens with one attached hydrogen (secondary N) is 1. The number of thioether (sulfide) groups is 1. The fraction of sp³-hybridized carbons (Fsp3) is 0.462. The van der Waals surface area contributed by atoms with Gasteiger partial charge in [0.15, 0.2) is 0 Å². The number of nitro benzene ring substituents is 1. The van der Waals surface area contributed by atoms with E-state index in [1.807, 2.05) is 13.8 Å². The molecule has 7 heteroatoms. The average molecular weight is 300 g/mol. The van der Waals surface area contributed by atoms with Crippen LogP contribution in [0, 0.1) is 15.9 Å². The van der Waals surface area contributed by atoms with Gasteiger partial charge in [-0.3, -0.25) is 14.9 Å². The van der Waals surface area contributed by atoms with E-state index in [9.17, 15) is 19.3 Å². The van der Waals surface area contributed by atoms with Crippen LogP contribution in [-0.2, 0) is 0 Å². The molecular weight excluding hydrogens is 283 g/mol. The van der Waals surface area contributed by atoms with E-state index in [1.54, 1.807) is 11.8 Å². The van der Waals surface area contributed by atoms with Gasteiger partial charge < -0.3 is 5.32 Å². The number of carbonyl (C=O) groups excluding carboxylic acids is 1. The summed E-state index contributed by atoms with van der Waals surface area (Å²) in [6.45, 7) is 3.86. The van der Waals surface area contributed by atoms with Crippen molar-refractivity contribution in [2.45, 2.75) is 26.3 Å². The van der Waals surface area contributed by atoms with E-state index in [0.717, 1.165) is 36.1 Å². The number of halogens is 1. The number of rotatable bonds is 7. The Hall–Kier alpha value is -1.63. The van der Waals surface area contributed by atoms with Crippen LogP contribution in [-0.4, -0.2) is 28.4 Å². The summed E-state index contributed by atoms with van der Waals surface area (Å²) in [6.07, 6.45) is 0.757. The molecule has 0 aromatic heterocycles. The van der Waals surface area contributed by atoms with Crippen LogP contribution in [0.3, 0.4) is 0 Å². The highest BCUT2D eigenvalue weighted by Gasteiger charge is 2.21. The molecule has 0 bridgehead atoms. The van der Waals surface area contributed by atoms with Gasteiger partial charge in [-0.1, -0.05) is 6.92 Å². The lowest BCUT2D eigenvalue weighted by atomic mass is 10.1. The molecule has 0 aliphatic rings. The smallest absolute Gasteiger partial charge is 0.282 e. The molecule has 1 amide bonds. The monoisotopic (exact) mass is 300 g/mol. The van der Waals surface area contributed by atoms with Gasteiger partial charge in [0, 0.05) is 12.1 Å². The average Bonchev–Trinajstić information content (AvgIpc) is 2.38. The maximum absolute atomic E-state index is 13.2. The number of carbonyl (C=O) groups is 1. The van der Waals surface area contributed by atoms with Crippen LogP contribution >= 0.6 is 11.8 Å². The maximum Gasteiger partial charge on any atom is 0.282 e. The van der Waals surface area contributed by atoms with Gasteiger partial charge in [0.1, 0.15) is 11.4 Å². The molecule has 0 radical (unpaired) electrons. The molecule has 0 aliphatic carbocycles. The fourth-order valence-corrected chi connectivity index (χ4v) is 2.44. The van der Waals surface area contributed by atoms with Crippen molar-refractivity contribution in [3.8, 4) is 0 Å². The van der Waals surface area contributed by atoms with Crippen LogP contribution < -0.4 is 5.32 Å². The lowest BCUT2D eigenvalue weighted by Crippen LogP contribution is -2.33. The van der Waals surface area contributed by atoms with E-state index in [2.05, 4.69) is 5.32 Å². The van der Waals surface area contributed by atoms with Crippen LogP contribution in [0.1, 0.15) is 30.6 Å². The van der Waals surface area contributed by atoms with Crippen LogP contribution in [0.25, 0.3) is 0 Å². The number of benzene rings is 1. The lowest BCUT2D eigenvalue weighted by molar-refractivity contribution is -0.385. The Kier molecular flexibility index (Phi) is 6.44. The molecule has 0 saturated carbocycles. The highest BCUT2D eigenvalue weighted by atomic mass is 32.2. The highest BCUT2D eigenvalue weighted by Crippen LogP contribution is 2.19.